The van der Waals surface area contributed by atoms with E-state index < -0.39 is 24.3 Å². The molecule has 1 N–H and O–H groups in total. The van der Waals surface area contributed by atoms with E-state index in [1.54, 1.807) is 19.2 Å². The van der Waals surface area contributed by atoms with Crippen molar-refractivity contribution in [1.82, 2.24) is 9.99 Å². The standard InChI is InChI=1S/C29H24BrN3O5/c1-38-20-10-7-17(8-11-20)24-16-23(32-33(24)25(34)13-14-26(35)36)28-27(18-5-3-2-4-6-18)21-15-19(30)9-12-22(21)31-29(28)37/h2-12,15,24H,13-14,16H2,1H3,(H,31,37)(H,35,36)/p-1/t24-/m0/s1. The molecule has 0 aliphatic carbocycles. The van der Waals surface area contributed by atoms with Gasteiger partial charge in [0.2, 0.25) is 5.91 Å². The zero-order chi connectivity index (χ0) is 26.8. The normalized spacial score (nSPS) is 14.9. The average Bonchev–Trinajstić information content (AvgIpc) is 3.37. The number of hydrogen-bond donors (Lipinski definition) is 1. The van der Waals surface area contributed by atoms with Gasteiger partial charge in [-0.3, -0.25) is 9.59 Å². The first-order valence-corrected chi connectivity index (χ1v) is 12.8. The number of rotatable bonds is 7. The van der Waals surface area contributed by atoms with Crippen molar-refractivity contribution < 1.29 is 19.4 Å². The number of aromatic amines is 1. The number of aromatic nitrogens is 1. The Morgan fingerprint density at radius 3 is 2.47 bits per heavy atom. The highest BCUT2D eigenvalue weighted by atomic mass is 79.9. The number of H-pyrrole nitrogens is 1. The first-order chi connectivity index (χ1) is 18.4. The highest BCUT2D eigenvalue weighted by Gasteiger charge is 2.35. The third kappa shape index (κ3) is 4.97. The Morgan fingerprint density at radius 2 is 1.79 bits per heavy atom. The molecule has 2 heterocycles. The van der Waals surface area contributed by atoms with Gasteiger partial charge in [-0.25, -0.2) is 5.01 Å². The van der Waals surface area contributed by atoms with Crippen LogP contribution >= 0.6 is 15.9 Å². The Kier molecular flexibility index (Phi) is 7.11. The van der Waals surface area contributed by atoms with Crippen LogP contribution in [0.25, 0.3) is 22.0 Å². The third-order valence-corrected chi connectivity index (χ3v) is 7.03. The molecule has 0 unspecified atom stereocenters. The number of halogens is 1. The lowest BCUT2D eigenvalue weighted by atomic mass is 9.91. The number of nitrogens with one attached hydrogen (secondary N) is 1. The number of aliphatic carboxylic acids is 1. The van der Waals surface area contributed by atoms with Crippen molar-refractivity contribution in [2.24, 2.45) is 5.10 Å². The van der Waals surface area contributed by atoms with Gasteiger partial charge in [-0.2, -0.15) is 5.10 Å². The van der Waals surface area contributed by atoms with Gasteiger partial charge in [-0.1, -0.05) is 58.4 Å². The van der Waals surface area contributed by atoms with Gasteiger partial charge in [0.15, 0.2) is 0 Å². The molecule has 0 fully saturated rings. The number of hydrogen-bond acceptors (Lipinski definition) is 6. The molecule has 192 valence electrons. The van der Waals surface area contributed by atoms with Crippen molar-refractivity contribution in [3.8, 4) is 16.9 Å². The number of ether oxygens (including phenoxy) is 1. The van der Waals surface area contributed by atoms with E-state index in [9.17, 15) is 19.5 Å². The van der Waals surface area contributed by atoms with Gasteiger partial charge >= 0.3 is 0 Å². The number of benzene rings is 3. The number of amides is 1. The fraction of sp³-hybridized carbons (Fsp3) is 0.172. The number of methoxy groups -OCH3 is 1. The molecular weight excluding hydrogens is 550 g/mol. The van der Waals surface area contributed by atoms with Crippen LogP contribution in [0.5, 0.6) is 5.75 Å². The Hall–Kier alpha value is -4.24. The van der Waals surface area contributed by atoms with Crippen LogP contribution in [0.1, 0.15) is 36.4 Å². The van der Waals surface area contributed by atoms with Gasteiger partial charge in [-0.15, -0.1) is 0 Å². The van der Waals surface area contributed by atoms with Crippen LogP contribution in [-0.4, -0.2) is 34.7 Å². The van der Waals surface area contributed by atoms with Crippen LogP contribution in [0, 0.1) is 0 Å². The minimum Gasteiger partial charge on any atom is -0.550 e. The van der Waals surface area contributed by atoms with Crippen LogP contribution in [0.3, 0.4) is 0 Å². The molecule has 0 saturated heterocycles. The topological polar surface area (TPSA) is 115 Å². The van der Waals surface area contributed by atoms with Crippen molar-refractivity contribution in [2.75, 3.05) is 7.11 Å². The van der Waals surface area contributed by atoms with E-state index in [0.717, 1.165) is 21.0 Å². The summed E-state index contributed by atoms with van der Waals surface area (Å²) < 4.78 is 6.11. The molecule has 4 aromatic rings. The van der Waals surface area contributed by atoms with Crippen LogP contribution in [0.4, 0.5) is 0 Å². The molecule has 1 aromatic heterocycles. The molecule has 5 rings (SSSR count). The maximum atomic E-state index is 13.6. The highest BCUT2D eigenvalue weighted by Crippen LogP contribution is 2.38. The smallest absolute Gasteiger partial charge is 0.258 e. The summed E-state index contributed by atoms with van der Waals surface area (Å²) in [5, 5.41) is 17.8. The Labute approximate surface area is 226 Å². The molecule has 0 radical (unpaired) electrons. The van der Waals surface area contributed by atoms with E-state index >= 15 is 0 Å². The molecular formula is C29H23BrN3O5-. The lowest BCUT2D eigenvalue weighted by molar-refractivity contribution is -0.305. The van der Waals surface area contributed by atoms with E-state index in [-0.39, 0.29) is 18.4 Å². The Morgan fingerprint density at radius 1 is 1.05 bits per heavy atom. The molecule has 0 saturated carbocycles. The Bertz CT molecular complexity index is 1610. The van der Waals surface area contributed by atoms with Gasteiger partial charge in [0.1, 0.15) is 5.75 Å². The van der Waals surface area contributed by atoms with Crippen molar-refractivity contribution in [3.63, 3.8) is 0 Å². The second kappa shape index (κ2) is 10.6. The Balaban J connectivity index is 1.68. The van der Waals surface area contributed by atoms with E-state index in [2.05, 4.69) is 26.0 Å². The number of pyridine rings is 1. The fourth-order valence-electron chi connectivity index (χ4n) is 4.75. The van der Waals surface area contributed by atoms with Gasteiger partial charge in [0.05, 0.1) is 24.4 Å². The van der Waals surface area contributed by atoms with Gasteiger partial charge < -0.3 is 19.6 Å². The molecule has 1 aliphatic heterocycles. The van der Waals surface area contributed by atoms with E-state index in [0.29, 0.717) is 28.1 Å². The third-order valence-electron chi connectivity index (χ3n) is 6.54. The average molecular weight is 573 g/mol. The molecule has 0 spiro atoms. The fourth-order valence-corrected chi connectivity index (χ4v) is 5.11. The summed E-state index contributed by atoms with van der Waals surface area (Å²) in [6.07, 6.45) is -0.417. The highest BCUT2D eigenvalue weighted by molar-refractivity contribution is 9.10. The summed E-state index contributed by atoms with van der Waals surface area (Å²) in [7, 11) is 1.57. The van der Waals surface area contributed by atoms with Crippen LogP contribution in [-0.2, 0) is 9.59 Å². The number of fused-ring (bicyclic) bond motifs is 1. The minimum atomic E-state index is -1.31. The molecule has 9 heteroatoms. The number of nitrogens with zero attached hydrogens (tertiary/aromatic N) is 2. The summed E-state index contributed by atoms with van der Waals surface area (Å²) in [6.45, 7) is 0. The minimum absolute atomic E-state index is 0.266. The van der Waals surface area contributed by atoms with Gasteiger partial charge in [0.25, 0.3) is 5.56 Å². The van der Waals surface area contributed by atoms with Gasteiger partial charge in [-0.05, 0) is 47.9 Å². The van der Waals surface area contributed by atoms with Gasteiger partial charge in [0, 0.05) is 39.8 Å². The molecule has 8 nitrogen and oxygen atoms in total. The number of carbonyl (C=O) groups excluding carboxylic acids is 2. The monoisotopic (exact) mass is 572 g/mol. The summed E-state index contributed by atoms with van der Waals surface area (Å²) in [4.78, 5) is 40.7. The lowest BCUT2D eigenvalue weighted by Gasteiger charge is -2.22. The summed E-state index contributed by atoms with van der Waals surface area (Å²) >= 11 is 3.54. The predicted octanol–water partition coefficient (Wildman–Crippen LogP) is 4.17. The maximum absolute atomic E-state index is 13.6. The second-order valence-corrected chi connectivity index (χ2v) is 9.83. The van der Waals surface area contributed by atoms with Crippen molar-refractivity contribution in [3.05, 3.63) is 98.7 Å². The molecule has 1 amide bonds. The molecule has 1 atom stereocenters. The first-order valence-electron chi connectivity index (χ1n) is 12.0. The number of carboxylic acid groups (broad SMARTS) is 1. The number of hydrazone groups is 1. The molecule has 0 bridgehead atoms. The summed E-state index contributed by atoms with van der Waals surface area (Å²) in [5.74, 6) is -1.12. The van der Waals surface area contributed by atoms with E-state index in [4.69, 9.17) is 4.74 Å². The van der Waals surface area contributed by atoms with E-state index in [1.807, 2.05) is 60.7 Å². The quantitative estimate of drug-likeness (QED) is 0.357. The van der Waals surface area contributed by atoms with E-state index in [1.165, 1.54) is 5.01 Å². The SMILES string of the molecule is COc1ccc([C@@H]2CC(c3c(-c4ccccc4)c4cc(Br)ccc4[nH]c3=O)=NN2C(=O)CCC(=O)[O-])cc1. The predicted molar refractivity (Wildman–Crippen MR) is 146 cm³/mol. The molecule has 38 heavy (non-hydrogen) atoms. The summed E-state index contributed by atoms with van der Waals surface area (Å²) in [6, 6.07) is 21.9. The molecule has 1 aliphatic rings. The zero-order valence-electron chi connectivity index (χ0n) is 20.4. The molecule has 3 aromatic carbocycles. The lowest BCUT2D eigenvalue weighted by Crippen LogP contribution is -2.29. The maximum Gasteiger partial charge on any atom is 0.258 e. The van der Waals surface area contributed by atoms with Crippen molar-refractivity contribution >= 4 is 44.4 Å². The number of carboxylic acids is 1. The van der Waals surface area contributed by atoms with Crippen LogP contribution in [0.15, 0.2) is 87.2 Å². The number of carbonyl (C=O) groups is 2. The van der Waals surface area contributed by atoms with Crippen molar-refractivity contribution in [2.45, 2.75) is 25.3 Å². The van der Waals surface area contributed by atoms with Crippen molar-refractivity contribution in [1.29, 1.82) is 0 Å². The second-order valence-electron chi connectivity index (χ2n) is 8.91. The van der Waals surface area contributed by atoms with Crippen LogP contribution in [0.2, 0.25) is 0 Å². The van der Waals surface area contributed by atoms with Crippen LogP contribution < -0.4 is 15.4 Å². The largest absolute Gasteiger partial charge is 0.550 e. The first kappa shape index (κ1) is 25.4. The summed E-state index contributed by atoms with van der Waals surface area (Å²) in [5.41, 5.74) is 3.49. The zero-order valence-corrected chi connectivity index (χ0v) is 22.0.